The van der Waals surface area contributed by atoms with Gasteiger partial charge >= 0.3 is 0 Å². The van der Waals surface area contributed by atoms with Gasteiger partial charge in [-0.05, 0) is 30.2 Å². The number of aryl methyl sites for hydroxylation is 1. The summed E-state index contributed by atoms with van der Waals surface area (Å²) >= 11 is 0. The van der Waals surface area contributed by atoms with E-state index >= 15 is 0 Å². The van der Waals surface area contributed by atoms with Crippen molar-refractivity contribution in [2.45, 2.75) is 13.3 Å². The summed E-state index contributed by atoms with van der Waals surface area (Å²) in [6.07, 6.45) is 0.800. The second-order valence-electron chi connectivity index (χ2n) is 4.12. The lowest BCUT2D eigenvalue weighted by Crippen LogP contribution is -1.87. The number of rotatable bonds is 4. The highest BCUT2D eigenvalue weighted by molar-refractivity contribution is 5.58. The van der Waals surface area contributed by atoms with Gasteiger partial charge in [-0.25, -0.2) is 0 Å². The van der Waals surface area contributed by atoms with E-state index in [0.29, 0.717) is 5.69 Å². The van der Waals surface area contributed by atoms with Crippen molar-refractivity contribution in [1.82, 2.24) is 0 Å². The van der Waals surface area contributed by atoms with E-state index in [2.05, 4.69) is 10.2 Å². The highest BCUT2D eigenvalue weighted by atomic mass is 16.6. The van der Waals surface area contributed by atoms with Crippen molar-refractivity contribution in [2.75, 3.05) is 0 Å². The number of nitro groups is 1. The molecule has 0 aliphatic heterocycles. The summed E-state index contributed by atoms with van der Waals surface area (Å²) in [6.45, 7) is 1.98. The molecule has 0 radical (unpaired) electrons. The van der Waals surface area contributed by atoms with Gasteiger partial charge in [-0.2, -0.15) is 0 Å². The van der Waals surface area contributed by atoms with Crippen LogP contribution in [0.15, 0.2) is 52.7 Å². The highest BCUT2D eigenvalue weighted by Crippen LogP contribution is 2.32. The molecule has 2 aromatic rings. The van der Waals surface area contributed by atoms with Gasteiger partial charge in [-0.3, -0.25) is 10.1 Å². The topological polar surface area (TPSA) is 88.1 Å². The van der Waals surface area contributed by atoms with Crippen LogP contribution in [0, 0.1) is 10.1 Å². The molecule has 0 aromatic heterocycles. The molecule has 1 N–H and O–H groups in total. The number of hydrogen-bond donors (Lipinski definition) is 1. The molecule has 0 aliphatic carbocycles. The largest absolute Gasteiger partial charge is 0.506 e. The number of para-hydroxylation sites is 1. The fraction of sp³-hybridized carbons (Fsp3) is 0.143. The molecule has 0 spiro atoms. The van der Waals surface area contributed by atoms with Gasteiger partial charge in [0.25, 0.3) is 5.69 Å². The molecule has 102 valence electrons. The van der Waals surface area contributed by atoms with Crippen molar-refractivity contribution < 1.29 is 10.0 Å². The zero-order valence-electron chi connectivity index (χ0n) is 10.9. The van der Waals surface area contributed by atoms with E-state index < -0.39 is 4.92 Å². The molecule has 0 unspecified atom stereocenters. The maximum Gasteiger partial charge on any atom is 0.296 e. The first-order valence-corrected chi connectivity index (χ1v) is 6.09. The Bertz CT molecular complexity index is 668. The summed E-state index contributed by atoms with van der Waals surface area (Å²) in [5.41, 5.74) is 1.32. The number of nitrogens with zero attached hydrogens (tertiary/aromatic N) is 3. The fourth-order valence-electron chi connectivity index (χ4n) is 1.68. The SMILES string of the molecule is CCc1ccc(O)c(N=Nc2ccccc2[N+](=O)[O-])c1. The minimum absolute atomic E-state index is 0.00969. The van der Waals surface area contributed by atoms with E-state index in [9.17, 15) is 15.2 Å². The van der Waals surface area contributed by atoms with Gasteiger partial charge in [0.05, 0.1) is 4.92 Å². The van der Waals surface area contributed by atoms with Crippen LogP contribution in [0.5, 0.6) is 5.75 Å². The van der Waals surface area contributed by atoms with Gasteiger partial charge in [0.15, 0.2) is 5.69 Å². The number of azo groups is 1. The van der Waals surface area contributed by atoms with Crippen LogP contribution in [0.1, 0.15) is 12.5 Å². The second-order valence-corrected chi connectivity index (χ2v) is 4.12. The summed E-state index contributed by atoms with van der Waals surface area (Å²) in [4.78, 5) is 10.3. The lowest BCUT2D eigenvalue weighted by molar-refractivity contribution is -0.384. The third-order valence-corrected chi connectivity index (χ3v) is 2.79. The Morgan fingerprint density at radius 1 is 1.15 bits per heavy atom. The quantitative estimate of drug-likeness (QED) is 0.511. The van der Waals surface area contributed by atoms with Crippen molar-refractivity contribution in [1.29, 1.82) is 0 Å². The Hall–Kier alpha value is -2.76. The Morgan fingerprint density at radius 2 is 1.85 bits per heavy atom. The summed E-state index contributed by atoms with van der Waals surface area (Å²) in [5.74, 6) is -0.00969. The summed E-state index contributed by atoms with van der Waals surface area (Å²) in [5, 5.41) is 28.3. The van der Waals surface area contributed by atoms with Crippen LogP contribution in [-0.4, -0.2) is 10.0 Å². The van der Waals surface area contributed by atoms with Crippen LogP contribution < -0.4 is 0 Å². The standard InChI is InChI=1S/C14H13N3O3/c1-2-10-7-8-14(18)12(9-10)16-15-11-5-3-4-6-13(11)17(19)20/h3-9,18H,2H2,1H3. The van der Waals surface area contributed by atoms with Crippen LogP contribution in [0.25, 0.3) is 0 Å². The molecule has 0 aliphatic rings. The molecule has 0 amide bonds. The Morgan fingerprint density at radius 3 is 2.55 bits per heavy atom. The van der Waals surface area contributed by atoms with E-state index in [4.69, 9.17) is 0 Å². The van der Waals surface area contributed by atoms with Gasteiger partial charge in [-0.1, -0.05) is 25.1 Å². The number of nitro benzene ring substituents is 1. The van der Waals surface area contributed by atoms with E-state index in [-0.39, 0.29) is 17.1 Å². The fourth-order valence-corrected chi connectivity index (χ4v) is 1.68. The molecule has 0 bridgehead atoms. The zero-order valence-corrected chi connectivity index (χ0v) is 10.9. The van der Waals surface area contributed by atoms with E-state index in [1.54, 1.807) is 24.3 Å². The maximum atomic E-state index is 10.9. The average molecular weight is 271 g/mol. The Labute approximate surface area is 115 Å². The summed E-state index contributed by atoms with van der Waals surface area (Å²) < 4.78 is 0. The number of benzene rings is 2. The second kappa shape index (κ2) is 5.92. The lowest BCUT2D eigenvalue weighted by atomic mass is 10.1. The third kappa shape index (κ3) is 2.97. The summed E-state index contributed by atoms with van der Waals surface area (Å²) in [7, 11) is 0. The normalized spacial score (nSPS) is 10.8. The van der Waals surface area contributed by atoms with Crippen molar-refractivity contribution in [2.24, 2.45) is 10.2 Å². The van der Waals surface area contributed by atoms with E-state index in [1.807, 2.05) is 6.92 Å². The zero-order chi connectivity index (χ0) is 14.5. The van der Waals surface area contributed by atoms with Gasteiger partial charge in [-0.15, -0.1) is 10.2 Å². The predicted octanol–water partition coefficient (Wildman–Crippen LogP) is 4.28. The lowest BCUT2D eigenvalue weighted by Gasteiger charge is -2.01. The molecule has 2 rings (SSSR count). The number of aromatic hydroxyl groups is 1. The van der Waals surface area contributed by atoms with Crippen LogP contribution in [0.3, 0.4) is 0 Å². The molecule has 2 aromatic carbocycles. The van der Waals surface area contributed by atoms with Crippen LogP contribution >= 0.6 is 0 Å². The van der Waals surface area contributed by atoms with Crippen molar-refractivity contribution in [3.8, 4) is 5.75 Å². The number of phenolic OH excluding ortho intramolecular Hbond substituents is 1. The first kappa shape index (κ1) is 13.7. The molecule has 0 saturated heterocycles. The molecular weight excluding hydrogens is 258 g/mol. The molecule has 6 heteroatoms. The monoisotopic (exact) mass is 271 g/mol. The maximum absolute atomic E-state index is 10.9. The first-order chi connectivity index (χ1) is 9.61. The highest BCUT2D eigenvalue weighted by Gasteiger charge is 2.11. The van der Waals surface area contributed by atoms with Crippen molar-refractivity contribution in [3.05, 3.63) is 58.1 Å². The Kier molecular flexibility index (Phi) is 4.05. The molecule has 0 atom stereocenters. The van der Waals surface area contributed by atoms with E-state index in [1.165, 1.54) is 18.2 Å². The Balaban J connectivity index is 2.37. The molecule has 6 nitrogen and oxygen atoms in total. The molecular formula is C14H13N3O3. The minimum atomic E-state index is -0.517. The van der Waals surface area contributed by atoms with Gasteiger partial charge in [0, 0.05) is 6.07 Å². The van der Waals surface area contributed by atoms with Gasteiger partial charge in [0.1, 0.15) is 11.4 Å². The smallest absolute Gasteiger partial charge is 0.296 e. The van der Waals surface area contributed by atoms with Gasteiger partial charge in [0.2, 0.25) is 0 Å². The predicted molar refractivity (Wildman–Crippen MR) is 74.8 cm³/mol. The minimum Gasteiger partial charge on any atom is -0.506 e. The van der Waals surface area contributed by atoms with Crippen LogP contribution in [0.2, 0.25) is 0 Å². The molecule has 0 heterocycles. The average Bonchev–Trinajstić information content (AvgIpc) is 2.46. The summed E-state index contributed by atoms with van der Waals surface area (Å²) in [6, 6.07) is 11.1. The molecule has 0 saturated carbocycles. The number of phenols is 1. The van der Waals surface area contributed by atoms with E-state index in [0.717, 1.165) is 12.0 Å². The van der Waals surface area contributed by atoms with Crippen LogP contribution in [0.4, 0.5) is 17.1 Å². The van der Waals surface area contributed by atoms with Crippen molar-refractivity contribution >= 4 is 17.1 Å². The molecule has 0 fully saturated rings. The van der Waals surface area contributed by atoms with Crippen molar-refractivity contribution in [3.63, 3.8) is 0 Å². The number of hydrogen-bond acceptors (Lipinski definition) is 5. The van der Waals surface area contributed by atoms with Gasteiger partial charge < -0.3 is 5.11 Å². The third-order valence-electron chi connectivity index (χ3n) is 2.79. The molecule has 20 heavy (non-hydrogen) atoms. The van der Waals surface area contributed by atoms with Crippen LogP contribution in [-0.2, 0) is 6.42 Å². The first-order valence-electron chi connectivity index (χ1n) is 6.09.